The van der Waals surface area contributed by atoms with Gasteiger partial charge in [-0.1, -0.05) is 42.5 Å². The average Bonchev–Trinajstić information content (AvgIpc) is 3.15. The number of hydrogen-bond acceptors (Lipinski definition) is 4. The van der Waals surface area contributed by atoms with Crippen molar-refractivity contribution in [2.24, 2.45) is 0 Å². The molecule has 0 unspecified atom stereocenters. The number of likely N-dealkylation sites (tertiary alicyclic amines) is 1. The molecule has 1 fully saturated rings. The van der Waals surface area contributed by atoms with Crippen LogP contribution in [0.25, 0.3) is 0 Å². The smallest absolute Gasteiger partial charge is 0.545 e. The molecule has 1 heterocycles. The summed E-state index contributed by atoms with van der Waals surface area (Å²) in [4.78, 5) is 25.5. The van der Waals surface area contributed by atoms with Crippen LogP contribution in [0.5, 0.6) is 0 Å². The van der Waals surface area contributed by atoms with Crippen LogP contribution in [0.1, 0.15) is 52.9 Å². The van der Waals surface area contributed by atoms with Crippen LogP contribution < -0.4 is 29.3 Å². The molecular weight excluding hydrogens is 404 g/mol. The van der Waals surface area contributed by atoms with Gasteiger partial charge >= 0.3 is 25.0 Å². The zero-order valence-electron chi connectivity index (χ0n) is 17.4. The molecule has 2 aromatic carbocycles. The molecule has 5 nitrogen and oxygen atoms in total. The van der Waals surface area contributed by atoms with Gasteiger partial charge < -0.3 is 15.2 Å². The third-order valence-corrected chi connectivity index (χ3v) is 5.31. The van der Waals surface area contributed by atoms with Gasteiger partial charge in [0.1, 0.15) is 0 Å². The Morgan fingerprint density at radius 1 is 1.19 bits per heavy atom. The Hall–Kier alpha value is -2.27. The first-order valence-corrected chi connectivity index (χ1v) is 9.67. The van der Waals surface area contributed by atoms with Crippen LogP contribution in [0.2, 0.25) is 0 Å². The second-order valence-corrected chi connectivity index (χ2v) is 7.47. The summed E-state index contributed by atoms with van der Waals surface area (Å²) in [5.41, 5.74) is 0.611. The molecule has 1 aliphatic rings. The van der Waals surface area contributed by atoms with E-state index in [1.165, 1.54) is 18.2 Å². The number of rotatable bonds is 6. The van der Waals surface area contributed by atoms with E-state index >= 15 is 0 Å². The van der Waals surface area contributed by atoms with Gasteiger partial charge in [0.2, 0.25) is 5.91 Å². The number of carbonyl (C=O) groups excluding carboxylic acids is 2. The monoisotopic (exact) mass is 426 g/mol. The standard InChI is InChI=1S/C22H23F3N2O3.Li/c1-14(16-7-9-17(10-8-16)21(29)30)26-20(28)19-6-3-11-27(19)13-15-4-2-5-18(12-15)22(23,24)25;/h2,4-5,7-10,12,14,19H,3,6,11,13H2,1H3,(H,26,28)(H,29,30);/q;+1/p-1/t14-,19+;/m0./s1. The minimum Gasteiger partial charge on any atom is -0.545 e. The van der Waals surface area contributed by atoms with Crippen molar-refractivity contribution in [2.75, 3.05) is 6.54 Å². The van der Waals surface area contributed by atoms with Crippen molar-refractivity contribution in [1.29, 1.82) is 0 Å². The summed E-state index contributed by atoms with van der Waals surface area (Å²) in [5, 5.41) is 13.8. The van der Waals surface area contributed by atoms with E-state index in [9.17, 15) is 27.9 Å². The minimum absolute atomic E-state index is 0. The number of hydrogen-bond donors (Lipinski definition) is 1. The van der Waals surface area contributed by atoms with Crippen LogP contribution in [-0.2, 0) is 17.5 Å². The molecule has 3 rings (SSSR count). The Morgan fingerprint density at radius 3 is 2.48 bits per heavy atom. The molecule has 0 aromatic heterocycles. The van der Waals surface area contributed by atoms with Crippen LogP contribution >= 0.6 is 0 Å². The van der Waals surface area contributed by atoms with Gasteiger partial charge in [0.05, 0.1) is 23.6 Å². The number of nitrogens with zero attached hydrogens (tertiary/aromatic N) is 1. The zero-order chi connectivity index (χ0) is 21.9. The normalized spacial score (nSPS) is 17.6. The molecule has 31 heavy (non-hydrogen) atoms. The number of amides is 1. The van der Waals surface area contributed by atoms with E-state index in [-0.39, 0.29) is 42.9 Å². The molecule has 2 atom stereocenters. The molecule has 2 aromatic rings. The number of benzene rings is 2. The van der Waals surface area contributed by atoms with E-state index in [1.54, 1.807) is 25.1 Å². The number of carboxylic acids is 1. The summed E-state index contributed by atoms with van der Waals surface area (Å²) in [5.74, 6) is -1.47. The van der Waals surface area contributed by atoms with Crippen LogP contribution in [-0.4, -0.2) is 29.4 Å². The molecule has 160 valence electrons. The maximum atomic E-state index is 12.9. The fraction of sp³-hybridized carbons (Fsp3) is 0.364. The van der Waals surface area contributed by atoms with Gasteiger partial charge in [-0.15, -0.1) is 0 Å². The molecule has 0 radical (unpaired) electrons. The third-order valence-electron chi connectivity index (χ3n) is 5.31. The number of alkyl halides is 3. The molecular formula is C22H22F3LiN2O3. The fourth-order valence-electron chi connectivity index (χ4n) is 3.69. The topological polar surface area (TPSA) is 72.5 Å². The van der Waals surface area contributed by atoms with Crippen LogP contribution in [0, 0.1) is 0 Å². The summed E-state index contributed by atoms with van der Waals surface area (Å²) < 4.78 is 38.8. The summed E-state index contributed by atoms with van der Waals surface area (Å²) in [6, 6.07) is 10.5. The van der Waals surface area contributed by atoms with E-state index in [1.807, 2.05) is 4.90 Å². The Bertz CT molecular complexity index is 919. The predicted octanol–water partition coefficient (Wildman–Crippen LogP) is -0.0853. The van der Waals surface area contributed by atoms with Crippen molar-refractivity contribution in [1.82, 2.24) is 10.2 Å². The summed E-state index contributed by atoms with van der Waals surface area (Å²) >= 11 is 0. The molecule has 0 bridgehead atoms. The molecule has 1 N–H and O–H groups in total. The van der Waals surface area contributed by atoms with Gasteiger partial charge in [0, 0.05) is 6.54 Å². The largest absolute Gasteiger partial charge is 1.00 e. The van der Waals surface area contributed by atoms with E-state index in [2.05, 4.69) is 5.32 Å². The van der Waals surface area contributed by atoms with Gasteiger partial charge in [-0.05, 0) is 49.1 Å². The maximum Gasteiger partial charge on any atom is 1.00 e. The zero-order valence-corrected chi connectivity index (χ0v) is 17.4. The first-order chi connectivity index (χ1) is 14.1. The quantitative estimate of drug-likeness (QED) is 0.656. The Morgan fingerprint density at radius 2 is 1.87 bits per heavy atom. The Kier molecular flexibility index (Phi) is 8.35. The van der Waals surface area contributed by atoms with Crippen molar-refractivity contribution in [3.8, 4) is 0 Å². The second-order valence-electron chi connectivity index (χ2n) is 7.47. The van der Waals surface area contributed by atoms with E-state index in [4.69, 9.17) is 0 Å². The molecule has 0 saturated carbocycles. The van der Waals surface area contributed by atoms with Crippen molar-refractivity contribution in [2.45, 2.75) is 44.6 Å². The van der Waals surface area contributed by atoms with Gasteiger partial charge in [0.15, 0.2) is 0 Å². The van der Waals surface area contributed by atoms with E-state index in [0.29, 0.717) is 18.5 Å². The van der Waals surface area contributed by atoms with Crippen molar-refractivity contribution in [3.05, 3.63) is 70.8 Å². The average molecular weight is 426 g/mol. The number of nitrogens with one attached hydrogen (secondary N) is 1. The van der Waals surface area contributed by atoms with E-state index in [0.717, 1.165) is 24.1 Å². The second kappa shape index (κ2) is 10.4. The first kappa shape index (κ1) is 25.0. The van der Waals surface area contributed by atoms with Gasteiger partial charge in [-0.2, -0.15) is 13.2 Å². The minimum atomic E-state index is -4.40. The molecule has 9 heteroatoms. The third kappa shape index (κ3) is 6.36. The van der Waals surface area contributed by atoms with E-state index < -0.39 is 23.8 Å². The molecule has 1 aliphatic heterocycles. The summed E-state index contributed by atoms with van der Waals surface area (Å²) in [7, 11) is 0. The Labute approximate surface area is 190 Å². The van der Waals surface area contributed by atoms with Gasteiger partial charge in [-0.25, -0.2) is 0 Å². The van der Waals surface area contributed by atoms with Crippen LogP contribution in [0.15, 0.2) is 48.5 Å². The van der Waals surface area contributed by atoms with Gasteiger partial charge in [-0.3, -0.25) is 9.69 Å². The van der Waals surface area contributed by atoms with Crippen molar-refractivity contribution in [3.63, 3.8) is 0 Å². The fourth-order valence-corrected chi connectivity index (χ4v) is 3.69. The number of carboxylic acid groups (broad SMARTS) is 1. The predicted molar refractivity (Wildman–Crippen MR) is 102 cm³/mol. The number of halogens is 3. The van der Waals surface area contributed by atoms with Gasteiger partial charge in [0.25, 0.3) is 0 Å². The molecule has 0 aliphatic carbocycles. The van der Waals surface area contributed by atoms with Crippen LogP contribution in [0.4, 0.5) is 13.2 Å². The summed E-state index contributed by atoms with van der Waals surface area (Å²) in [6.45, 7) is 2.68. The SMILES string of the molecule is C[C@H](NC(=O)[C@H]1CCCN1Cc1cccc(C(F)(F)F)c1)c1ccc(C(=O)[O-])cc1.[Li+]. The van der Waals surface area contributed by atoms with Crippen molar-refractivity contribution < 1.29 is 46.7 Å². The van der Waals surface area contributed by atoms with Crippen LogP contribution in [0.3, 0.4) is 0 Å². The molecule has 1 saturated heterocycles. The van der Waals surface area contributed by atoms with Crippen molar-refractivity contribution >= 4 is 11.9 Å². The summed E-state index contributed by atoms with van der Waals surface area (Å²) in [6.07, 6.45) is -2.99. The number of aromatic carboxylic acids is 1. The number of carbonyl (C=O) groups is 2. The first-order valence-electron chi connectivity index (χ1n) is 9.67. The Balaban J connectivity index is 0.00000341. The molecule has 1 amide bonds. The molecule has 0 spiro atoms. The maximum absolute atomic E-state index is 12.9.